The molecule has 1 nitrogen and oxygen atoms in total. The van der Waals surface area contributed by atoms with E-state index in [1.54, 1.807) is 0 Å². The van der Waals surface area contributed by atoms with E-state index in [0.29, 0.717) is 5.66 Å². The van der Waals surface area contributed by atoms with Gasteiger partial charge in [-0.2, -0.15) is 0 Å². The quantitative estimate of drug-likeness (QED) is 0.521. The average Bonchev–Trinajstić information content (AvgIpc) is 2.30. The Morgan fingerprint density at radius 3 is 2.82 bits per heavy atom. The van der Waals surface area contributed by atoms with E-state index in [1.165, 1.54) is 11.3 Å². The largest absolute Gasteiger partial charge is 0.257 e. The van der Waals surface area contributed by atoms with E-state index < -0.39 is 0 Å². The molecule has 1 aliphatic rings. The minimum absolute atomic E-state index is 0.436. The summed E-state index contributed by atoms with van der Waals surface area (Å²) < 4.78 is 0. The van der Waals surface area contributed by atoms with E-state index in [0.717, 1.165) is 5.69 Å². The number of nitrogens with zero attached hydrogens (tertiary/aromatic N) is 1. The molecule has 2 rings (SSSR count). The molecule has 2 atom stereocenters. The molecule has 1 aromatic carbocycles. The maximum Gasteiger partial charge on any atom is 0.0671 e. The van der Waals surface area contributed by atoms with E-state index >= 15 is 0 Å². The van der Waals surface area contributed by atoms with E-state index in [-0.39, 0.29) is 0 Å². The van der Waals surface area contributed by atoms with Crippen LogP contribution in [-0.2, 0) is 0 Å². The van der Waals surface area contributed by atoms with Crippen LogP contribution in [0.5, 0.6) is 0 Å². The Kier molecular flexibility index (Phi) is 1.54. The molecule has 0 aromatic heterocycles. The van der Waals surface area contributed by atoms with Crippen molar-refractivity contribution in [1.29, 1.82) is 0 Å². The normalized spacial score (nSPS) is 21.3. The molecule has 0 saturated carbocycles. The Morgan fingerprint density at radius 1 is 1.36 bits per heavy atom. The van der Waals surface area contributed by atoms with Crippen LogP contribution in [0, 0.1) is 0 Å². The van der Waals surface area contributed by atoms with Crippen molar-refractivity contribution in [2.75, 3.05) is 0 Å². The molecule has 56 valence electrons. The van der Waals surface area contributed by atoms with Crippen molar-refractivity contribution in [2.24, 2.45) is 4.99 Å². The summed E-state index contributed by atoms with van der Waals surface area (Å²) in [5.41, 5.74) is 4.09. The van der Waals surface area contributed by atoms with E-state index in [9.17, 15) is 0 Å². The van der Waals surface area contributed by atoms with Crippen molar-refractivity contribution in [2.45, 2.75) is 12.6 Å². The smallest absolute Gasteiger partial charge is 0.0671 e. The Hall–Kier alpha value is -0.680. The van der Waals surface area contributed by atoms with E-state index in [4.69, 9.17) is 0 Å². The minimum Gasteiger partial charge on any atom is -0.257 e. The van der Waals surface area contributed by atoms with Gasteiger partial charge in [-0.1, -0.05) is 18.2 Å². The highest BCUT2D eigenvalue weighted by Crippen LogP contribution is 2.38. The van der Waals surface area contributed by atoms with Gasteiger partial charge in [0.15, 0.2) is 0 Å². The van der Waals surface area contributed by atoms with Gasteiger partial charge in [-0.25, -0.2) is 0 Å². The standard InChI is InChI=1S/C9H10NP/c1-6-9(11)7-4-2-3-5-8(7)10-6/h2-5,9H,11H2,1H3. The number of hydrogen-bond acceptors (Lipinski definition) is 1. The van der Waals surface area contributed by atoms with Gasteiger partial charge in [0.2, 0.25) is 0 Å². The maximum atomic E-state index is 4.43. The predicted molar refractivity (Wildman–Crippen MR) is 51.7 cm³/mol. The Morgan fingerprint density at radius 2 is 2.09 bits per heavy atom. The van der Waals surface area contributed by atoms with Gasteiger partial charge in [0.25, 0.3) is 0 Å². The van der Waals surface area contributed by atoms with Crippen molar-refractivity contribution >= 4 is 20.6 Å². The summed E-state index contributed by atoms with van der Waals surface area (Å²) in [7, 11) is 2.81. The second-order valence-electron chi connectivity index (χ2n) is 2.79. The first-order valence-electron chi connectivity index (χ1n) is 3.69. The fourth-order valence-electron chi connectivity index (χ4n) is 1.34. The van der Waals surface area contributed by atoms with Gasteiger partial charge in [-0.3, -0.25) is 4.99 Å². The molecular weight excluding hydrogens is 153 g/mol. The molecule has 11 heavy (non-hydrogen) atoms. The maximum absolute atomic E-state index is 4.43. The number of para-hydroxylation sites is 1. The third kappa shape index (κ3) is 1.00. The average molecular weight is 163 g/mol. The van der Waals surface area contributed by atoms with Gasteiger partial charge >= 0.3 is 0 Å². The van der Waals surface area contributed by atoms with E-state index in [1.807, 2.05) is 6.07 Å². The SMILES string of the molecule is CC1=Nc2ccccc2C1P. The van der Waals surface area contributed by atoms with Crippen LogP contribution in [0.15, 0.2) is 29.3 Å². The molecule has 0 N–H and O–H groups in total. The van der Waals surface area contributed by atoms with Crippen molar-refractivity contribution in [3.8, 4) is 0 Å². The second kappa shape index (κ2) is 2.42. The number of benzene rings is 1. The van der Waals surface area contributed by atoms with Crippen LogP contribution in [-0.4, -0.2) is 5.71 Å². The van der Waals surface area contributed by atoms with Crippen molar-refractivity contribution < 1.29 is 0 Å². The summed E-state index contributed by atoms with van der Waals surface area (Å²) in [6.07, 6.45) is 0. The van der Waals surface area contributed by atoms with Crippen LogP contribution in [0.2, 0.25) is 0 Å². The first-order valence-corrected chi connectivity index (χ1v) is 4.35. The van der Waals surface area contributed by atoms with Crippen LogP contribution in [0.1, 0.15) is 18.1 Å². The lowest BCUT2D eigenvalue weighted by molar-refractivity contribution is 1.35. The lowest BCUT2D eigenvalue weighted by atomic mass is 10.1. The molecule has 0 spiro atoms. The van der Waals surface area contributed by atoms with Gasteiger partial charge in [0.1, 0.15) is 0 Å². The molecule has 1 heterocycles. The first-order chi connectivity index (χ1) is 5.29. The monoisotopic (exact) mass is 163 g/mol. The highest BCUT2D eigenvalue weighted by atomic mass is 31.0. The lowest BCUT2D eigenvalue weighted by Gasteiger charge is -2.02. The van der Waals surface area contributed by atoms with Crippen molar-refractivity contribution in [3.05, 3.63) is 29.8 Å². The Labute approximate surface area is 68.7 Å². The number of hydrogen-bond donors (Lipinski definition) is 0. The topological polar surface area (TPSA) is 12.4 Å². The highest BCUT2D eigenvalue weighted by molar-refractivity contribution is 7.19. The van der Waals surface area contributed by atoms with Crippen molar-refractivity contribution in [1.82, 2.24) is 0 Å². The summed E-state index contributed by atoms with van der Waals surface area (Å²) in [4.78, 5) is 4.43. The number of aliphatic imine (C=N–C) groups is 1. The fraction of sp³-hybridized carbons (Fsp3) is 0.222. The molecule has 0 radical (unpaired) electrons. The van der Waals surface area contributed by atoms with Gasteiger partial charge in [-0.05, 0) is 18.6 Å². The van der Waals surface area contributed by atoms with Gasteiger partial charge in [0.05, 0.1) is 5.69 Å². The first kappa shape index (κ1) is 7.00. The van der Waals surface area contributed by atoms with Crippen molar-refractivity contribution in [3.63, 3.8) is 0 Å². The summed E-state index contributed by atoms with van der Waals surface area (Å²) >= 11 is 0. The van der Waals surface area contributed by atoms with Crippen LogP contribution < -0.4 is 0 Å². The zero-order valence-electron chi connectivity index (χ0n) is 6.41. The molecule has 0 bridgehead atoms. The molecule has 0 saturated heterocycles. The summed E-state index contributed by atoms with van der Waals surface area (Å²) in [5.74, 6) is 0. The molecular formula is C9H10NP. The van der Waals surface area contributed by atoms with Crippen LogP contribution >= 0.6 is 9.24 Å². The molecule has 0 fully saturated rings. The zero-order valence-corrected chi connectivity index (χ0v) is 7.57. The second-order valence-corrected chi connectivity index (χ2v) is 3.46. The summed E-state index contributed by atoms with van der Waals surface area (Å²) in [5, 5.41) is 0. The Bertz CT molecular complexity index is 317. The Balaban J connectivity index is 2.58. The van der Waals surface area contributed by atoms with Crippen LogP contribution in [0.4, 0.5) is 5.69 Å². The number of rotatable bonds is 0. The minimum atomic E-state index is 0.436. The molecule has 0 aliphatic carbocycles. The third-order valence-corrected chi connectivity index (χ3v) is 2.86. The van der Waals surface area contributed by atoms with Gasteiger partial charge in [-0.15, -0.1) is 9.24 Å². The molecule has 1 aromatic rings. The van der Waals surface area contributed by atoms with Crippen LogP contribution in [0.3, 0.4) is 0 Å². The zero-order chi connectivity index (χ0) is 7.84. The summed E-state index contributed by atoms with van der Waals surface area (Å²) in [6, 6.07) is 8.28. The molecule has 2 heteroatoms. The fourth-order valence-corrected chi connectivity index (χ4v) is 1.69. The lowest BCUT2D eigenvalue weighted by Crippen LogP contribution is -1.93. The highest BCUT2D eigenvalue weighted by Gasteiger charge is 2.18. The summed E-state index contributed by atoms with van der Waals surface area (Å²) in [6.45, 7) is 2.07. The molecule has 0 amide bonds. The molecule has 1 aliphatic heterocycles. The number of fused-ring (bicyclic) bond motifs is 1. The molecule has 2 unspecified atom stereocenters. The van der Waals surface area contributed by atoms with Crippen LogP contribution in [0.25, 0.3) is 0 Å². The van der Waals surface area contributed by atoms with Gasteiger partial charge in [0, 0.05) is 11.4 Å². The predicted octanol–water partition coefficient (Wildman–Crippen LogP) is 2.71. The van der Waals surface area contributed by atoms with E-state index in [2.05, 4.69) is 39.4 Å². The van der Waals surface area contributed by atoms with Gasteiger partial charge < -0.3 is 0 Å². The third-order valence-electron chi connectivity index (χ3n) is 2.02.